The highest BCUT2D eigenvalue weighted by atomic mass is 79.9. The topological polar surface area (TPSA) is 18.5 Å². The lowest BCUT2D eigenvalue weighted by atomic mass is 9.78. The first kappa shape index (κ1) is 16.0. The summed E-state index contributed by atoms with van der Waals surface area (Å²) in [7, 11) is 3.29. The number of methoxy groups -OCH3 is 2. The van der Waals surface area contributed by atoms with Crippen LogP contribution in [0.2, 0.25) is 0 Å². The lowest BCUT2D eigenvalue weighted by Gasteiger charge is -2.31. The molecule has 20 heavy (non-hydrogen) atoms. The summed E-state index contributed by atoms with van der Waals surface area (Å²) in [5, 5.41) is -0.0123. The molecule has 2 unspecified atom stereocenters. The van der Waals surface area contributed by atoms with Crippen molar-refractivity contribution in [2.24, 2.45) is 11.3 Å². The highest BCUT2D eigenvalue weighted by Crippen LogP contribution is 2.53. The average Bonchev–Trinajstić information content (AvgIpc) is 2.77. The molecule has 1 saturated carbocycles. The maximum atomic E-state index is 6.80. The van der Waals surface area contributed by atoms with Crippen molar-refractivity contribution in [3.63, 3.8) is 0 Å². The molecular formula is C16H22BrClO2. The van der Waals surface area contributed by atoms with E-state index in [-0.39, 0.29) is 5.38 Å². The van der Waals surface area contributed by atoms with Gasteiger partial charge in [0.15, 0.2) is 11.5 Å². The fourth-order valence-corrected chi connectivity index (χ4v) is 4.54. The minimum atomic E-state index is -0.0123. The first-order valence-electron chi connectivity index (χ1n) is 6.96. The Bertz CT molecular complexity index is 488. The molecule has 0 amide bonds. The fourth-order valence-electron chi connectivity index (χ4n) is 3.19. The molecule has 1 aliphatic carbocycles. The van der Waals surface area contributed by atoms with Crippen LogP contribution in [0.4, 0.5) is 0 Å². The van der Waals surface area contributed by atoms with Crippen molar-refractivity contribution in [1.29, 1.82) is 0 Å². The average molecular weight is 362 g/mol. The van der Waals surface area contributed by atoms with E-state index in [0.717, 1.165) is 21.5 Å². The van der Waals surface area contributed by atoms with Gasteiger partial charge in [-0.3, -0.25) is 0 Å². The van der Waals surface area contributed by atoms with Gasteiger partial charge < -0.3 is 9.47 Å². The summed E-state index contributed by atoms with van der Waals surface area (Å²) in [6, 6.07) is 3.93. The van der Waals surface area contributed by atoms with Gasteiger partial charge in [0.25, 0.3) is 0 Å². The summed E-state index contributed by atoms with van der Waals surface area (Å²) in [6.45, 7) is 4.63. The molecule has 2 nitrogen and oxygen atoms in total. The Hall–Kier alpha value is -0.410. The Kier molecular flexibility index (Phi) is 4.91. The highest BCUT2D eigenvalue weighted by Gasteiger charge is 2.40. The van der Waals surface area contributed by atoms with Gasteiger partial charge in [-0.1, -0.05) is 36.2 Å². The van der Waals surface area contributed by atoms with Crippen LogP contribution in [-0.4, -0.2) is 14.2 Å². The molecule has 2 rings (SSSR count). The molecule has 112 valence electrons. The van der Waals surface area contributed by atoms with Crippen LogP contribution in [0.15, 0.2) is 16.6 Å². The van der Waals surface area contributed by atoms with Crippen molar-refractivity contribution in [3.8, 4) is 11.5 Å². The quantitative estimate of drug-likeness (QED) is 0.652. The molecule has 0 aromatic heterocycles. The third kappa shape index (κ3) is 2.94. The molecule has 1 aliphatic rings. The van der Waals surface area contributed by atoms with Gasteiger partial charge in [0, 0.05) is 4.47 Å². The molecule has 1 aromatic carbocycles. The van der Waals surface area contributed by atoms with Gasteiger partial charge in [-0.2, -0.15) is 0 Å². The third-order valence-electron chi connectivity index (χ3n) is 4.49. The number of benzene rings is 1. The van der Waals surface area contributed by atoms with Crippen molar-refractivity contribution in [3.05, 3.63) is 22.2 Å². The molecule has 2 atom stereocenters. The van der Waals surface area contributed by atoms with Crippen LogP contribution < -0.4 is 9.47 Å². The maximum Gasteiger partial charge on any atom is 0.161 e. The molecule has 1 aromatic rings. The number of hydrogen-bond acceptors (Lipinski definition) is 2. The zero-order valence-electron chi connectivity index (χ0n) is 12.5. The van der Waals surface area contributed by atoms with Crippen molar-refractivity contribution in [1.82, 2.24) is 0 Å². The van der Waals surface area contributed by atoms with Gasteiger partial charge in [0.1, 0.15) is 0 Å². The minimum absolute atomic E-state index is 0.0123. The zero-order chi connectivity index (χ0) is 14.9. The number of alkyl halides is 1. The largest absolute Gasteiger partial charge is 0.493 e. The number of ether oxygens (including phenoxy) is 2. The van der Waals surface area contributed by atoms with E-state index in [4.69, 9.17) is 21.1 Å². The molecule has 0 spiro atoms. The van der Waals surface area contributed by atoms with Gasteiger partial charge >= 0.3 is 0 Å². The summed E-state index contributed by atoms with van der Waals surface area (Å²) in [6.07, 6.45) is 3.68. The van der Waals surface area contributed by atoms with Crippen LogP contribution >= 0.6 is 27.5 Å². The molecule has 0 saturated heterocycles. The minimum Gasteiger partial charge on any atom is -0.493 e. The van der Waals surface area contributed by atoms with Crippen LogP contribution in [-0.2, 0) is 0 Å². The predicted molar refractivity (Wildman–Crippen MR) is 87.0 cm³/mol. The Balaban J connectivity index is 2.37. The zero-order valence-corrected chi connectivity index (χ0v) is 14.8. The molecular weight excluding hydrogens is 340 g/mol. The van der Waals surface area contributed by atoms with E-state index >= 15 is 0 Å². The van der Waals surface area contributed by atoms with Crippen LogP contribution in [0.1, 0.15) is 44.1 Å². The van der Waals surface area contributed by atoms with Crippen molar-refractivity contribution in [2.75, 3.05) is 14.2 Å². The Morgan fingerprint density at radius 1 is 1.25 bits per heavy atom. The normalized spacial score (nSPS) is 22.6. The number of halogens is 2. The lowest BCUT2D eigenvalue weighted by molar-refractivity contribution is 0.251. The molecule has 0 heterocycles. The lowest BCUT2D eigenvalue weighted by Crippen LogP contribution is -2.21. The smallest absolute Gasteiger partial charge is 0.161 e. The Morgan fingerprint density at radius 3 is 2.35 bits per heavy atom. The fraction of sp³-hybridized carbons (Fsp3) is 0.625. The van der Waals surface area contributed by atoms with E-state index in [9.17, 15) is 0 Å². The highest BCUT2D eigenvalue weighted by molar-refractivity contribution is 9.10. The second-order valence-electron chi connectivity index (χ2n) is 6.12. The van der Waals surface area contributed by atoms with Crippen LogP contribution in [0.25, 0.3) is 0 Å². The molecule has 4 heteroatoms. The van der Waals surface area contributed by atoms with Gasteiger partial charge in [0.2, 0.25) is 0 Å². The summed E-state index contributed by atoms with van der Waals surface area (Å²) >= 11 is 10.4. The molecule has 0 bridgehead atoms. The second-order valence-corrected chi connectivity index (χ2v) is 7.44. The van der Waals surface area contributed by atoms with Crippen LogP contribution in [0, 0.1) is 11.3 Å². The van der Waals surface area contributed by atoms with Crippen LogP contribution in [0.5, 0.6) is 11.5 Å². The van der Waals surface area contributed by atoms with Gasteiger partial charge in [-0.25, -0.2) is 0 Å². The van der Waals surface area contributed by atoms with E-state index < -0.39 is 0 Å². The maximum absolute atomic E-state index is 6.80. The third-order valence-corrected chi connectivity index (χ3v) is 5.72. The Labute approximate surface area is 134 Å². The monoisotopic (exact) mass is 360 g/mol. The first-order valence-corrected chi connectivity index (χ1v) is 8.19. The summed E-state index contributed by atoms with van der Waals surface area (Å²) in [5.41, 5.74) is 1.38. The molecule has 0 radical (unpaired) electrons. The molecule has 1 fully saturated rings. The summed E-state index contributed by atoms with van der Waals surface area (Å²) in [5.74, 6) is 1.93. The Morgan fingerprint density at radius 2 is 1.85 bits per heavy atom. The number of rotatable bonds is 4. The van der Waals surface area contributed by atoms with Crippen molar-refractivity contribution < 1.29 is 9.47 Å². The van der Waals surface area contributed by atoms with Crippen molar-refractivity contribution in [2.45, 2.75) is 38.5 Å². The van der Waals surface area contributed by atoms with E-state index in [2.05, 4.69) is 29.8 Å². The van der Waals surface area contributed by atoms with Gasteiger partial charge in [-0.05, 0) is 41.9 Å². The standard InChI is InChI=1S/C16H22BrClO2/c1-16(2)7-5-6-11(16)15(18)10-8-13(19-3)14(20-4)9-12(10)17/h8-9,11,15H,5-7H2,1-4H3. The summed E-state index contributed by atoms with van der Waals surface area (Å²) in [4.78, 5) is 0. The second kappa shape index (κ2) is 6.15. The van der Waals surface area contributed by atoms with E-state index in [1.807, 2.05) is 12.1 Å². The van der Waals surface area contributed by atoms with E-state index in [1.54, 1.807) is 14.2 Å². The van der Waals surface area contributed by atoms with Crippen LogP contribution in [0.3, 0.4) is 0 Å². The predicted octanol–water partition coefficient (Wildman–Crippen LogP) is 5.57. The van der Waals surface area contributed by atoms with E-state index in [0.29, 0.717) is 11.3 Å². The summed E-state index contributed by atoms with van der Waals surface area (Å²) < 4.78 is 11.7. The van der Waals surface area contributed by atoms with Gasteiger partial charge in [-0.15, -0.1) is 11.6 Å². The molecule has 0 aliphatic heterocycles. The SMILES string of the molecule is COc1cc(Br)c(C(Cl)C2CCCC2(C)C)cc1OC. The molecule has 0 N–H and O–H groups in total. The first-order chi connectivity index (χ1) is 9.40. The van der Waals surface area contributed by atoms with E-state index in [1.165, 1.54) is 19.3 Å². The number of hydrogen-bond donors (Lipinski definition) is 0. The van der Waals surface area contributed by atoms with Crippen molar-refractivity contribution >= 4 is 27.5 Å². The van der Waals surface area contributed by atoms with Gasteiger partial charge in [0.05, 0.1) is 19.6 Å².